The van der Waals surface area contributed by atoms with Gasteiger partial charge in [-0.2, -0.15) is 0 Å². The van der Waals surface area contributed by atoms with Crippen LogP contribution < -0.4 is 0 Å². The van der Waals surface area contributed by atoms with Gasteiger partial charge in [0.25, 0.3) is 0 Å². The summed E-state index contributed by atoms with van der Waals surface area (Å²) in [4.78, 5) is 16.3. The molecule has 0 aliphatic carbocycles. The minimum atomic E-state index is -1.02. The number of hydrogen-bond donors (Lipinski definition) is 1. The summed E-state index contributed by atoms with van der Waals surface area (Å²) in [5, 5.41) is 10.7. The highest BCUT2D eigenvalue weighted by molar-refractivity contribution is 9.10. The van der Waals surface area contributed by atoms with Crippen LogP contribution in [0.15, 0.2) is 22.7 Å². The Morgan fingerprint density at radius 2 is 2.05 bits per heavy atom. The Balaban J connectivity index is 2.63. The fraction of sp³-hybridized carbons (Fsp3) is 0.286. The van der Waals surface area contributed by atoms with Crippen LogP contribution in [0.2, 0.25) is 5.02 Å². The Bertz CT molecular complexity index is 676. The van der Waals surface area contributed by atoms with Crippen molar-refractivity contribution in [1.29, 1.82) is 0 Å². The van der Waals surface area contributed by atoms with Gasteiger partial charge in [0.15, 0.2) is 5.69 Å². The van der Waals surface area contributed by atoms with Crippen LogP contribution in [0.3, 0.4) is 0 Å². The number of carboxylic acids is 1. The van der Waals surface area contributed by atoms with Gasteiger partial charge in [-0.1, -0.05) is 38.4 Å². The molecule has 6 heteroatoms. The van der Waals surface area contributed by atoms with Crippen LogP contribution in [-0.2, 0) is 5.41 Å². The molecule has 0 saturated heterocycles. The number of carbonyl (C=O) groups is 1. The second kappa shape index (κ2) is 5.47. The van der Waals surface area contributed by atoms with Crippen molar-refractivity contribution in [3.8, 4) is 10.4 Å². The van der Waals surface area contributed by atoms with Crippen LogP contribution in [0.1, 0.15) is 36.3 Å². The second-order valence-corrected chi connectivity index (χ2v) is 7.64. The lowest BCUT2D eigenvalue weighted by molar-refractivity contribution is 0.0692. The Morgan fingerprint density at radius 1 is 1.40 bits per heavy atom. The molecular weight excluding hydrogens is 362 g/mol. The molecule has 2 rings (SSSR count). The van der Waals surface area contributed by atoms with Gasteiger partial charge in [-0.15, -0.1) is 11.3 Å². The molecular formula is C14H13BrClNO2S. The standard InChI is InChI=1S/C14H13BrClNO2S/c1-14(2,3)13-17-10(12(18)19)11(20-13)7-4-5-9(16)8(15)6-7/h4-6H,1-3H3,(H,18,19). The number of halogens is 2. The maximum absolute atomic E-state index is 11.4. The number of carboxylic acid groups (broad SMARTS) is 1. The molecule has 0 spiro atoms. The number of thiazole rings is 1. The van der Waals surface area contributed by atoms with E-state index < -0.39 is 5.97 Å². The number of hydrogen-bond acceptors (Lipinski definition) is 3. The topological polar surface area (TPSA) is 50.2 Å². The number of aromatic carboxylic acids is 1. The summed E-state index contributed by atoms with van der Waals surface area (Å²) in [6.45, 7) is 6.04. The summed E-state index contributed by atoms with van der Waals surface area (Å²) in [6, 6.07) is 5.36. The molecule has 2 aromatic rings. The third-order valence-corrected chi connectivity index (χ3v) is 5.40. The average molecular weight is 375 g/mol. The lowest BCUT2D eigenvalue weighted by Crippen LogP contribution is -2.11. The van der Waals surface area contributed by atoms with Crippen molar-refractivity contribution >= 4 is 44.8 Å². The third-order valence-electron chi connectivity index (χ3n) is 2.65. The number of aromatic nitrogens is 1. The molecule has 20 heavy (non-hydrogen) atoms. The zero-order valence-electron chi connectivity index (χ0n) is 11.2. The quantitative estimate of drug-likeness (QED) is 0.784. The van der Waals surface area contributed by atoms with Crippen molar-refractivity contribution in [3.05, 3.63) is 38.4 Å². The van der Waals surface area contributed by atoms with Gasteiger partial charge >= 0.3 is 5.97 Å². The van der Waals surface area contributed by atoms with Crippen LogP contribution in [0, 0.1) is 0 Å². The van der Waals surface area contributed by atoms with E-state index in [1.165, 1.54) is 11.3 Å². The van der Waals surface area contributed by atoms with Crippen LogP contribution >= 0.6 is 38.9 Å². The van der Waals surface area contributed by atoms with Crippen molar-refractivity contribution in [3.63, 3.8) is 0 Å². The van der Waals surface area contributed by atoms with E-state index in [4.69, 9.17) is 11.6 Å². The van der Waals surface area contributed by atoms with Crippen molar-refractivity contribution < 1.29 is 9.90 Å². The van der Waals surface area contributed by atoms with Crippen LogP contribution in [0.4, 0.5) is 0 Å². The lowest BCUT2D eigenvalue weighted by atomic mass is 9.98. The van der Waals surface area contributed by atoms with Crippen molar-refractivity contribution in [2.75, 3.05) is 0 Å². The summed E-state index contributed by atoms with van der Waals surface area (Å²) < 4.78 is 0.735. The first-order valence-electron chi connectivity index (χ1n) is 5.90. The predicted molar refractivity (Wildman–Crippen MR) is 85.9 cm³/mol. The SMILES string of the molecule is CC(C)(C)c1nc(C(=O)O)c(-c2ccc(Cl)c(Br)c2)s1. The Morgan fingerprint density at radius 3 is 2.55 bits per heavy atom. The van der Waals surface area contributed by atoms with Gasteiger partial charge in [0.05, 0.1) is 14.9 Å². The van der Waals surface area contributed by atoms with Gasteiger partial charge in [0, 0.05) is 9.89 Å². The zero-order valence-corrected chi connectivity index (χ0v) is 14.4. The highest BCUT2D eigenvalue weighted by Gasteiger charge is 2.25. The molecule has 1 heterocycles. The van der Waals surface area contributed by atoms with Crippen LogP contribution in [0.5, 0.6) is 0 Å². The van der Waals surface area contributed by atoms with Crippen molar-refractivity contribution in [2.45, 2.75) is 26.2 Å². The molecule has 0 bridgehead atoms. The average Bonchev–Trinajstić information content (AvgIpc) is 2.77. The normalized spacial score (nSPS) is 11.7. The summed E-state index contributed by atoms with van der Waals surface area (Å²) in [6.07, 6.45) is 0. The lowest BCUT2D eigenvalue weighted by Gasteiger charge is -2.13. The fourth-order valence-electron chi connectivity index (χ4n) is 1.62. The van der Waals surface area contributed by atoms with Gasteiger partial charge in [0.1, 0.15) is 0 Å². The predicted octanol–water partition coefficient (Wildman–Crippen LogP) is 5.22. The molecule has 0 radical (unpaired) electrons. The highest BCUT2D eigenvalue weighted by Crippen LogP contribution is 2.38. The van der Waals surface area contributed by atoms with Gasteiger partial charge in [-0.25, -0.2) is 9.78 Å². The Labute approximate surface area is 134 Å². The first-order valence-corrected chi connectivity index (χ1v) is 7.89. The summed E-state index contributed by atoms with van der Waals surface area (Å²) in [7, 11) is 0. The molecule has 0 aliphatic rings. The first kappa shape index (κ1) is 15.5. The van der Waals surface area contributed by atoms with Gasteiger partial charge in [0.2, 0.25) is 0 Å². The Hall–Kier alpha value is -0.910. The molecule has 0 unspecified atom stereocenters. The maximum Gasteiger partial charge on any atom is 0.356 e. The Kier molecular flexibility index (Phi) is 4.23. The van der Waals surface area contributed by atoms with Crippen molar-refractivity contribution in [2.24, 2.45) is 0 Å². The minimum absolute atomic E-state index is 0.0918. The smallest absolute Gasteiger partial charge is 0.356 e. The number of benzene rings is 1. The molecule has 0 fully saturated rings. The van der Waals surface area contributed by atoms with E-state index in [1.807, 2.05) is 26.8 Å². The van der Waals surface area contributed by atoms with Gasteiger partial charge in [-0.05, 0) is 33.6 Å². The minimum Gasteiger partial charge on any atom is -0.476 e. The summed E-state index contributed by atoms with van der Waals surface area (Å²) in [5.41, 5.74) is 0.706. The maximum atomic E-state index is 11.4. The van der Waals surface area contributed by atoms with Crippen LogP contribution in [-0.4, -0.2) is 16.1 Å². The molecule has 3 nitrogen and oxygen atoms in total. The third kappa shape index (κ3) is 3.05. The molecule has 0 atom stereocenters. The van der Waals surface area contributed by atoms with E-state index in [1.54, 1.807) is 12.1 Å². The van der Waals surface area contributed by atoms with Crippen LogP contribution in [0.25, 0.3) is 10.4 Å². The molecule has 1 aromatic heterocycles. The fourth-order valence-corrected chi connectivity index (χ4v) is 3.23. The highest BCUT2D eigenvalue weighted by atomic mass is 79.9. The summed E-state index contributed by atoms with van der Waals surface area (Å²) in [5.74, 6) is -1.02. The van der Waals surface area contributed by atoms with E-state index in [2.05, 4.69) is 20.9 Å². The molecule has 1 aromatic carbocycles. The van der Waals surface area contributed by atoms with Gasteiger partial charge in [-0.3, -0.25) is 0 Å². The monoisotopic (exact) mass is 373 g/mol. The largest absolute Gasteiger partial charge is 0.476 e. The molecule has 0 saturated carbocycles. The number of rotatable bonds is 2. The van der Waals surface area contributed by atoms with Crippen molar-refractivity contribution in [1.82, 2.24) is 4.98 Å². The zero-order chi connectivity index (χ0) is 15.1. The molecule has 0 amide bonds. The molecule has 1 N–H and O–H groups in total. The molecule has 0 aliphatic heterocycles. The van der Waals surface area contributed by atoms with E-state index in [0.29, 0.717) is 9.90 Å². The first-order chi connectivity index (χ1) is 9.20. The van der Waals surface area contributed by atoms with Gasteiger partial charge < -0.3 is 5.11 Å². The van der Waals surface area contributed by atoms with E-state index in [9.17, 15) is 9.90 Å². The number of nitrogens with zero attached hydrogens (tertiary/aromatic N) is 1. The molecule has 106 valence electrons. The van der Waals surface area contributed by atoms with E-state index >= 15 is 0 Å². The van der Waals surface area contributed by atoms with E-state index in [0.717, 1.165) is 15.0 Å². The summed E-state index contributed by atoms with van der Waals surface area (Å²) >= 11 is 10.7. The van der Waals surface area contributed by atoms with E-state index in [-0.39, 0.29) is 11.1 Å². The second-order valence-electron chi connectivity index (χ2n) is 5.38.